The monoisotopic (exact) mass is 387 g/mol. The third-order valence-electron chi connectivity index (χ3n) is 5.51. The molecule has 2 atom stereocenters. The summed E-state index contributed by atoms with van der Waals surface area (Å²) in [4.78, 5) is 26.4. The Hall–Kier alpha value is -2.45. The fraction of sp³-hybridized carbons (Fsp3) is 0.368. The number of nitrogens with zero attached hydrogens (tertiary/aromatic N) is 2. The van der Waals surface area contributed by atoms with Gasteiger partial charge < -0.3 is 9.47 Å². The number of carbonyl (C=O) groups is 1. The van der Waals surface area contributed by atoms with Crippen LogP contribution < -0.4 is 10.7 Å². The summed E-state index contributed by atoms with van der Waals surface area (Å²) in [7, 11) is -3.91. The molecule has 1 saturated heterocycles. The van der Waals surface area contributed by atoms with Gasteiger partial charge in [0, 0.05) is 49.8 Å². The van der Waals surface area contributed by atoms with E-state index in [4.69, 9.17) is 5.14 Å². The first-order chi connectivity index (χ1) is 12.7. The molecule has 1 fully saturated rings. The average Bonchev–Trinajstić information content (AvgIpc) is 2.61. The van der Waals surface area contributed by atoms with Crippen molar-refractivity contribution in [2.75, 3.05) is 13.1 Å². The predicted molar refractivity (Wildman–Crippen MR) is 101 cm³/mol. The van der Waals surface area contributed by atoms with Crippen molar-refractivity contribution in [3.8, 4) is 11.1 Å². The van der Waals surface area contributed by atoms with Gasteiger partial charge in [0.25, 0.3) is 5.56 Å². The van der Waals surface area contributed by atoms with Crippen LogP contribution in [0.25, 0.3) is 11.1 Å². The van der Waals surface area contributed by atoms with Gasteiger partial charge in [0.15, 0.2) is 0 Å². The third-order valence-corrected chi connectivity index (χ3v) is 6.48. The first-order valence-electron chi connectivity index (χ1n) is 8.86. The Bertz CT molecular complexity index is 1090. The maximum atomic E-state index is 12.8. The summed E-state index contributed by atoms with van der Waals surface area (Å²) in [5.74, 6) is 0.368. The molecular formula is C19H21N3O4S. The summed E-state index contributed by atoms with van der Waals surface area (Å²) in [5, 5.41) is 5.35. The molecule has 2 aliphatic heterocycles. The van der Waals surface area contributed by atoms with E-state index in [1.165, 1.54) is 12.1 Å². The summed E-state index contributed by atoms with van der Waals surface area (Å²) in [6.45, 7) is 3.39. The lowest BCUT2D eigenvalue weighted by Gasteiger charge is -2.42. The number of benzene rings is 1. The van der Waals surface area contributed by atoms with E-state index < -0.39 is 10.0 Å². The fourth-order valence-corrected chi connectivity index (χ4v) is 5.09. The number of hydrogen-bond acceptors (Lipinski definition) is 4. The minimum Gasteiger partial charge on any atom is -0.342 e. The van der Waals surface area contributed by atoms with Crippen molar-refractivity contribution in [2.45, 2.75) is 30.7 Å². The van der Waals surface area contributed by atoms with Gasteiger partial charge in [-0.15, -0.1) is 0 Å². The van der Waals surface area contributed by atoms with Crippen LogP contribution in [0.3, 0.4) is 0 Å². The number of amides is 1. The van der Waals surface area contributed by atoms with Crippen LogP contribution in [0.5, 0.6) is 0 Å². The molecule has 27 heavy (non-hydrogen) atoms. The number of fused-ring (bicyclic) bond motifs is 4. The maximum Gasteiger partial charge on any atom is 0.251 e. The minimum absolute atomic E-state index is 0.00274. The lowest BCUT2D eigenvalue weighted by molar-refractivity contribution is -0.131. The second-order valence-electron chi connectivity index (χ2n) is 7.38. The van der Waals surface area contributed by atoms with E-state index in [0.29, 0.717) is 30.8 Å². The Morgan fingerprint density at radius 3 is 2.59 bits per heavy atom. The lowest BCUT2D eigenvalue weighted by atomic mass is 9.82. The number of rotatable bonds is 2. The van der Waals surface area contributed by atoms with Crippen LogP contribution in [0, 0.1) is 5.92 Å². The van der Waals surface area contributed by atoms with Gasteiger partial charge in [0.05, 0.1) is 4.90 Å². The fourth-order valence-electron chi connectivity index (χ4n) is 4.32. The first-order valence-corrected chi connectivity index (χ1v) is 10.4. The Morgan fingerprint density at radius 2 is 1.89 bits per heavy atom. The summed E-state index contributed by atoms with van der Waals surface area (Å²) < 4.78 is 25.6. The Balaban J connectivity index is 1.85. The smallest absolute Gasteiger partial charge is 0.251 e. The maximum absolute atomic E-state index is 12.8. The number of carbonyl (C=O) groups excluding carboxylic acids is 1. The van der Waals surface area contributed by atoms with Crippen molar-refractivity contribution in [3.05, 3.63) is 52.4 Å². The van der Waals surface area contributed by atoms with Gasteiger partial charge in [-0.2, -0.15) is 0 Å². The molecule has 4 rings (SSSR count). The standard InChI is InChI=1S/C19H21N3O4S/c1-12(23)21-9-13-6-15(11-21)17-7-14(8-19(24)22(17)10-13)16-4-2-3-5-18(16)27(20,25)26/h2-5,7-8,13,15H,6,9-11H2,1H3,(H2,20,25,26)/t13-,15+/m0/s1. The van der Waals surface area contributed by atoms with Crippen LogP contribution in [0.1, 0.15) is 25.0 Å². The van der Waals surface area contributed by atoms with Gasteiger partial charge in [-0.25, -0.2) is 13.6 Å². The highest BCUT2D eigenvalue weighted by Crippen LogP contribution is 2.37. The number of primary sulfonamides is 1. The molecular weight excluding hydrogens is 366 g/mol. The molecule has 0 radical (unpaired) electrons. The second-order valence-corrected chi connectivity index (χ2v) is 8.91. The lowest BCUT2D eigenvalue weighted by Crippen LogP contribution is -2.48. The second kappa shape index (κ2) is 6.31. The van der Waals surface area contributed by atoms with Crippen molar-refractivity contribution in [1.82, 2.24) is 9.47 Å². The first kappa shape index (κ1) is 17.9. The topological polar surface area (TPSA) is 102 Å². The number of nitrogens with two attached hydrogens (primary N) is 1. The van der Waals surface area contributed by atoms with E-state index in [2.05, 4.69) is 0 Å². The van der Waals surface area contributed by atoms with E-state index in [0.717, 1.165) is 12.1 Å². The molecule has 0 aliphatic carbocycles. The SMILES string of the molecule is CC(=O)N1C[C@@H]2C[C@H](C1)c1cc(-c3ccccc3S(N)(=O)=O)cc(=O)n1C2. The van der Waals surface area contributed by atoms with Crippen LogP contribution >= 0.6 is 0 Å². The summed E-state index contributed by atoms with van der Waals surface area (Å²) in [5.41, 5.74) is 1.65. The molecule has 2 aromatic rings. The van der Waals surface area contributed by atoms with Crippen molar-refractivity contribution in [2.24, 2.45) is 11.1 Å². The van der Waals surface area contributed by atoms with Crippen LogP contribution in [0.15, 0.2) is 46.1 Å². The van der Waals surface area contributed by atoms with Gasteiger partial charge in [0.1, 0.15) is 0 Å². The largest absolute Gasteiger partial charge is 0.342 e. The number of likely N-dealkylation sites (tertiary alicyclic amines) is 1. The number of pyridine rings is 1. The number of piperidine rings is 1. The quantitative estimate of drug-likeness (QED) is 0.834. The van der Waals surface area contributed by atoms with E-state index in [1.54, 1.807) is 29.7 Å². The Morgan fingerprint density at radius 1 is 1.15 bits per heavy atom. The van der Waals surface area contributed by atoms with E-state index >= 15 is 0 Å². The molecule has 1 amide bonds. The third kappa shape index (κ3) is 3.19. The van der Waals surface area contributed by atoms with Gasteiger partial charge in [0.2, 0.25) is 15.9 Å². The van der Waals surface area contributed by atoms with Crippen molar-refractivity contribution in [1.29, 1.82) is 0 Å². The van der Waals surface area contributed by atoms with E-state index in [1.807, 2.05) is 11.0 Å². The zero-order valence-electron chi connectivity index (χ0n) is 15.0. The molecule has 8 heteroatoms. The molecule has 142 valence electrons. The average molecular weight is 387 g/mol. The Kier molecular flexibility index (Phi) is 4.20. The summed E-state index contributed by atoms with van der Waals surface area (Å²) >= 11 is 0. The molecule has 0 saturated carbocycles. The van der Waals surface area contributed by atoms with Crippen LogP contribution in [-0.2, 0) is 21.4 Å². The van der Waals surface area contributed by atoms with Gasteiger partial charge in [-0.3, -0.25) is 9.59 Å². The molecule has 2 aliphatic rings. The highest BCUT2D eigenvalue weighted by molar-refractivity contribution is 7.89. The van der Waals surface area contributed by atoms with Gasteiger partial charge >= 0.3 is 0 Å². The zero-order chi connectivity index (χ0) is 19.3. The van der Waals surface area contributed by atoms with Crippen LogP contribution in [-0.4, -0.2) is 36.9 Å². The molecule has 0 spiro atoms. The molecule has 1 aromatic carbocycles. The Labute approximate surface area is 157 Å². The normalized spacial score (nSPS) is 21.6. The molecule has 7 nitrogen and oxygen atoms in total. The van der Waals surface area contributed by atoms with Gasteiger partial charge in [-0.1, -0.05) is 18.2 Å². The van der Waals surface area contributed by atoms with E-state index in [9.17, 15) is 18.0 Å². The molecule has 2 N–H and O–H groups in total. The minimum atomic E-state index is -3.91. The number of sulfonamides is 1. The summed E-state index contributed by atoms with van der Waals surface area (Å²) in [6.07, 6.45) is 0.920. The van der Waals surface area contributed by atoms with Crippen molar-refractivity contribution >= 4 is 15.9 Å². The van der Waals surface area contributed by atoms with Crippen LogP contribution in [0.2, 0.25) is 0 Å². The summed E-state index contributed by atoms with van der Waals surface area (Å²) in [6, 6.07) is 9.75. The van der Waals surface area contributed by atoms with Gasteiger partial charge in [-0.05, 0) is 30.0 Å². The highest BCUT2D eigenvalue weighted by Gasteiger charge is 2.35. The zero-order valence-corrected chi connectivity index (χ0v) is 15.8. The van der Waals surface area contributed by atoms with Crippen molar-refractivity contribution in [3.63, 3.8) is 0 Å². The number of aromatic nitrogens is 1. The molecule has 2 bridgehead atoms. The van der Waals surface area contributed by atoms with Crippen molar-refractivity contribution < 1.29 is 13.2 Å². The highest BCUT2D eigenvalue weighted by atomic mass is 32.2. The van der Waals surface area contributed by atoms with E-state index in [-0.39, 0.29) is 28.2 Å². The molecule has 1 aromatic heterocycles. The molecule has 0 unspecified atom stereocenters. The molecule has 3 heterocycles. The predicted octanol–water partition coefficient (Wildman–Crippen LogP) is 1.13. The van der Waals surface area contributed by atoms with Crippen LogP contribution in [0.4, 0.5) is 0 Å². The number of hydrogen-bond donors (Lipinski definition) is 1.